The molecule has 0 unspecified atom stereocenters. The van der Waals surface area contributed by atoms with E-state index in [0.717, 1.165) is 0 Å². The van der Waals surface area contributed by atoms with Crippen molar-refractivity contribution in [3.8, 4) is 0 Å². The summed E-state index contributed by atoms with van der Waals surface area (Å²) in [5.41, 5.74) is 0.978. The van der Waals surface area contributed by atoms with Gasteiger partial charge in [-0.15, -0.1) is 0 Å². The number of hydrogen-bond donors (Lipinski definition) is 2. The minimum Gasteiger partial charge on any atom is -0.550 e. The van der Waals surface area contributed by atoms with Crippen molar-refractivity contribution in [2.24, 2.45) is 0 Å². The molecule has 2 aromatic rings. The Kier molecular flexibility index (Phi) is 5.89. The number of aliphatic carboxylic acids is 1. The molecule has 1 atom stereocenters. The highest BCUT2D eigenvalue weighted by Crippen LogP contribution is 2.21. The van der Waals surface area contributed by atoms with Crippen molar-refractivity contribution in [2.45, 2.75) is 24.3 Å². The van der Waals surface area contributed by atoms with E-state index < -0.39 is 28.5 Å². The zero-order valence-corrected chi connectivity index (χ0v) is 14.2. The third kappa shape index (κ3) is 5.40. The van der Waals surface area contributed by atoms with Crippen molar-refractivity contribution in [3.05, 3.63) is 60.2 Å². The topological polar surface area (TPSA) is 115 Å². The molecule has 7 nitrogen and oxygen atoms in total. The van der Waals surface area contributed by atoms with E-state index in [-0.39, 0.29) is 10.8 Å². The zero-order valence-electron chi connectivity index (χ0n) is 13.4. The van der Waals surface area contributed by atoms with Crippen molar-refractivity contribution in [2.75, 3.05) is 5.32 Å². The first-order valence-corrected chi connectivity index (χ1v) is 8.91. The van der Waals surface area contributed by atoms with E-state index in [1.54, 1.807) is 30.3 Å². The third-order valence-electron chi connectivity index (χ3n) is 3.36. The number of carbonyl (C=O) groups excluding carboxylic acids is 2. The van der Waals surface area contributed by atoms with Crippen LogP contribution in [0.3, 0.4) is 0 Å². The molecule has 0 heterocycles. The van der Waals surface area contributed by atoms with Crippen LogP contribution < -0.4 is 15.1 Å². The third-order valence-corrected chi connectivity index (χ3v) is 4.84. The van der Waals surface area contributed by atoms with Gasteiger partial charge in [-0.05, 0) is 29.8 Å². The molecule has 2 rings (SSSR count). The molecule has 1 amide bonds. The Morgan fingerprint density at radius 1 is 1.04 bits per heavy atom. The smallest absolute Gasteiger partial charge is 0.241 e. The summed E-state index contributed by atoms with van der Waals surface area (Å²) in [7, 11) is -3.95. The summed E-state index contributed by atoms with van der Waals surface area (Å²) >= 11 is 0. The average molecular weight is 361 g/mol. The van der Waals surface area contributed by atoms with Gasteiger partial charge < -0.3 is 15.2 Å². The van der Waals surface area contributed by atoms with Gasteiger partial charge in [-0.3, -0.25) is 4.79 Å². The Morgan fingerprint density at radius 3 is 2.16 bits per heavy atom. The molecule has 0 bridgehead atoms. The number of hydrogen-bond acceptors (Lipinski definition) is 5. The minimum atomic E-state index is -3.95. The standard InChI is InChI=1S/C17H18N2O5S/c1-12(20)18-14-7-9-15(10-8-14)25(23,24)19-16(11-17(21)22)13-5-3-2-4-6-13/h2-10,16,19H,11H2,1H3,(H,18,20)(H,21,22)/p-1/t16-/m0/s1. The van der Waals surface area contributed by atoms with Gasteiger partial charge in [0, 0.05) is 25.0 Å². The SMILES string of the molecule is CC(=O)Nc1ccc(S(=O)(=O)N[C@@H](CC(=O)[O-])c2ccccc2)cc1. The molecule has 2 aromatic carbocycles. The summed E-state index contributed by atoms with van der Waals surface area (Å²) in [5.74, 6) is -1.63. The van der Waals surface area contributed by atoms with Gasteiger partial charge in [0.25, 0.3) is 0 Å². The summed E-state index contributed by atoms with van der Waals surface area (Å²) < 4.78 is 27.4. The Labute approximate surface area is 145 Å². The number of sulfonamides is 1. The maximum Gasteiger partial charge on any atom is 0.241 e. The molecule has 0 aliphatic heterocycles. The molecule has 0 aliphatic carbocycles. The van der Waals surface area contributed by atoms with Gasteiger partial charge in [-0.1, -0.05) is 30.3 Å². The highest BCUT2D eigenvalue weighted by Gasteiger charge is 2.21. The van der Waals surface area contributed by atoms with Crippen molar-refractivity contribution in [3.63, 3.8) is 0 Å². The fraction of sp³-hybridized carbons (Fsp3) is 0.176. The molecule has 0 spiro atoms. The Balaban J connectivity index is 2.24. The highest BCUT2D eigenvalue weighted by molar-refractivity contribution is 7.89. The van der Waals surface area contributed by atoms with Crippen LogP contribution in [-0.2, 0) is 19.6 Å². The second-order valence-electron chi connectivity index (χ2n) is 5.37. The van der Waals surface area contributed by atoms with Gasteiger partial charge in [-0.25, -0.2) is 13.1 Å². The van der Waals surface area contributed by atoms with Crippen LogP contribution in [0.2, 0.25) is 0 Å². The molecule has 0 aromatic heterocycles. The maximum atomic E-state index is 12.5. The maximum absolute atomic E-state index is 12.5. The Hall–Kier alpha value is -2.71. The van der Waals surface area contributed by atoms with Crippen LogP contribution in [0.5, 0.6) is 0 Å². The molecule has 0 fully saturated rings. The first-order valence-electron chi connectivity index (χ1n) is 7.43. The number of anilines is 1. The van der Waals surface area contributed by atoms with Gasteiger partial charge in [0.1, 0.15) is 0 Å². The molecule has 25 heavy (non-hydrogen) atoms. The normalized spacial score (nSPS) is 12.4. The minimum absolute atomic E-state index is 0.0409. The van der Waals surface area contributed by atoms with Crippen LogP contribution in [0.1, 0.15) is 24.9 Å². The average Bonchev–Trinajstić information content (AvgIpc) is 2.54. The molecular weight excluding hydrogens is 344 g/mol. The summed E-state index contributed by atoms with van der Waals surface area (Å²) in [6, 6.07) is 13.0. The number of carbonyl (C=O) groups is 2. The molecular formula is C17H17N2O5S-. The van der Waals surface area contributed by atoms with Crippen molar-refractivity contribution >= 4 is 27.6 Å². The quantitative estimate of drug-likeness (QED) is 0.757. The van der Waals surface area contributed by atoms with E-state index in [1.165, 1.54) is 31.2 Å². The molecule has 2 N–H and O–H groups in total. The van der Waals surface area contributed by atoms with Crippen LogP contribution in [-0.4, -0.2) is 20.3 Å². The Bertz CT molecular complexity index is 848. The van der Waals surface area contributed by atoms with Crippen molar-refractivity contribution in [1.82, 2.24) is 4.72 Å². The molecule has 0 radical (unpaired) electrons. The van der Waals surface area contributed by atoms with Gasteiger partial charge in [0.05, 0.1) is 10.9 Å². The van der Waals surface area contributed by atoms with E-state index in [2.05, 4.69) is 10.0 Å². The van der Waals surface area contributed by atoms with E-state index in [4.69, 9.17) is 0 Å². The summed E-state index contributed by atoms with van der Waals surface area (Å²) in [6.07, 6.45) is -0.493. The lowest BCUT2D eigenvalue weighted by atomic mass is 10.1. The summed E-state index contributed by atoms with van der Waals surface area (Å²) in [4.78, 5) is 21.9. The van der Waals surface area contributed by atoms with Crippen molar-refractivity contribution in [1.29, 1.82) is 0 Å². The number of carboxylic acids is 1. The van der Waals surface area contributed by atoms with E-state index in [9.17, 15) is 23.1 Å². The number of carboxylic acid groups (broad SMARTS) is 1. The van der Waals surface area contributed by atoms with Gasteiger partial charge in [0.2, 0.25) is 15.9 Å². The van der Waals surface area contributed by atoms with Gasteiger partial charge in [-0.2, -0.15) is 0 Å². The number of benzene rings is 2. The second kappa shape index (κ2) is 7.91. The van der Waals surface area contributed by atoms with Gasteiger partial charge >= 0.3 is 0 Å². The fourth-order valence-corrected chi connectivity index (χ4v) is 3.48. The lowest BCUT2D eigenvalue weighted by Gasteiger charge is -2.20. The predicted molar refractivity (Wildman–Crippen MR) is 89.9 cm³/mol. The lowest BCUT2D eigenvalue weighted by Crippen LogP contribution is -2.34. The largest absolute Gasteiger partial charge is 0.550 e. The van der Waals surface area contributed by atoms with Crippen LogP contribution in [0.25, 0.3) is 0 Å². The van der Waals surface area contributed by atoms with E-state index in [1.807, 2.05) is 0 Å². The number of rotatable bonds is 7. The van der Waals surface area contributed by atoms with Gasteiger partial charge in [0.15, 0.2) is 0 Å². The van der Waals surface area contributed by atoms with Crippen LogP contribution in [0.4, 0.5) is 5.69 Å². The van der Waals surface area contributed by atoms with Crippen LogP contribution >= 0.6 is 0 Å². The molecule has 0 aliphatic rings. The number of amides is 1. The monoisotopic (exact) mass is 361 g/mol. The fourth-order valence-electron chi connectivity index (χ4n) is 2.26. The van der Waals surface area contributed by atoms with Crippen LogP contribution in [0.15, 0.2) is 59.5 Å². The van der Waals surface area contributed by atoms with Crippen molar-refractivity contribution < 1.29 is 23.1 Å². The zero-order chi connectivity index (χ0) is 18.4. The highest BCUT2D eigenvalue weighted by atomic mass is 32.2. The first kappa shape index (κ1) is 18.6. The van der Waals surface area contributed by atoms with E-state index in [0.29, 0.717) is 11.3 Å². The first-order chi connectivity index (χ1) is 11.8. The summed E-state index contributed by atoms with van der Waals surface area (Å²) in [6.45, 7) is 1.34. The van der Waals surface area contributed by atoms with Crippen LogP contribution in [0, 0.1) is 0 Å². The molecule has 8 heteroatoms. The molecule has 0 saturated heterocycles. The lowest BCUT2D eigenvalue weighted by molar-refractivity contribution is -0.306. The summed E-state index contributed by atoms with van der Waals surface area (Å²) in [5, 5.41) is 13.5. The Morgan fingerprint density at radius 2 is 1.64 bits per heavy atom. The molecule has 132 valence electrons. The predicted octanol–water partition coefficient (Wildman–Crippen LogP) is 0.805. The number of nitrogens with one attached hydrogen (secondary N) is 2. The van der Waals surface area contributed by atoms with E-state index >= 15 is 0 Å². The second-order valence-corrected chi connectivity index (χ2v) is 7.08. The molecule has 0 saturated carbocycles.